The van der Waals surface area contributed by atoms with E-state index in [1.807, 2.05) is 6.92 Å². The van der Waals surface area contributed by atoms with Crippen LogP contribution >= 0.6 is 0 Å². The van der Waals surface area contributed by atoms with E-state index in [9.17, 15) is 4.79 Å². The van der Waals surface area contributed by atoms with Crippen LogP contribution in [0.2, 0.25) is 0 Å². The fraction of sp³-hybridized carbons (Fsp3) is 0.938. The van der Waals surface area contributed by atoms with Gasteiger partial charge in [-0.25, -0.2) is 0 Å². The topological polar surface area (TPSA) is 41.1 Å². The van der Waals surface area contributed by atoms with E-state index < -0.39 is 0 Å². The number of rotatable bonds is 7. The summed E-state index contributed by atoms with van der Waals surface area (Å²) >= 11 is 0. The van der Waals surface area contributed by atoms with Gasteiger partial charge in [-0.1, -0.05) is 32.6 Å². The van der Waals surface area contributed by atoms with Crippen LogP contribution in [0.15, 0.2) is 0 Å². The highest BCUT2D eigenvalue weighted by Gasteiger charge is 2.23. The van der Waals surface area contributed by atoms with Crippen LogP contribution in [0.5, 0.6) is 0 Å². The van der Waals surface area contributed by atoms with E-state index in [-0.39, 0.29) is 18.0 Å². The van der Waals surface area contributed by atoms with Gasteiger partial charge in [-0.2, -0.15) is 0 Å². The highest BCUT2D eigenvalue weighted by molar-refractivity contribution is 5.81. The first kappa shape index (κ1) is 16.5. The molecule has 1 fully saturated rings. The van der Waals surface area contributed by atoms with Crippen LogP contribution in [-0.4, -0.2) is 24.0 Å². The Balaban J connectivity index is 2.31. The van der Waals surface area contributed by atoms with Crippen molar-refractivity contribution in [2.24, 2.45) is 5.92 Å². The summed E-state index contributed by atoms with van der Waals surface area (Å²) in [7, 11) is 0. The van der Waals surface area contributed by atoms with Crippen molar-refractivity contribution in [2.75, 3.05) is 0 Å². The summed E-state index contributed by atoms with van der Waals surface area (Å²) in [5.41, 5.74) is 0. The first-order chi connectivity index (χ1) is 9.04. The van der Waals surface area contributed by atoms with Gasteiger partial charge in [-0.15, -0.1) is 0 Å². The minimum absolute atomic E-state index is 0.0868. The van der Waals surface area contributed by atoms with Crippen LogP contribution < -0.4 is 10.6 Å². The molecule has 1 aliphatic carbocycles. The number of hydrogen-bond acceptors (Lipinski definition) is 2. The summed E-state index contributed by atoms with van der Waals surface area (Å²) in [6.07, 6.45) is 8.88. The third kappa shape index (κ3) is 5.94. The molecule has 0 radical (unpaired) electrons. The first-order valence-electron chi connectivity index (χ1n) is 8.11. The summed E-state index contributed by atoms with van der Waals surface area (Å²) in [4.78, 5) is 12.1. The van der Waals surface area contributed by atoms with E-state index in [1.165, 1.54) is 32.1 Å². The van der Waals surface area contributed by atoms with Crippen molar-refractivity contribution in [1.82, 2.24) is 10.6 Å². The van der Waals surface area contributed by atoms with Gasteiger partial charge in [0.1, 0.15) is 0 Å². The van der Waals surface area contributed by atoms with Crippen molar-refractivity contribution < 1.29 is 4.79 Å². The normalized spacial score (nSPS) is 21.7. The minimum Gasteiger partial charge on any atom is -0.352 e. The van der Waals surface area contributed by atoms with Gasteiger partial charge in [-0.3, -0.25) is 4.79 Å². The van der Waals surface area contributed by atoms with Crippen LogP contribution in [0.1, 0.15) is 72.6 Å². The van der Waals surface area contributed by atoms with Gasteiger partial charge >= 0.3 is 0 Å². The number of amides is 1. The molecule has 0 heterocycles. The van der Waals surface area contributed by atoms with Crippen molar-refractivity contribution in [2.45, 2.75) is 90.8 Å². The maximum atomic E-state index is 12.1. The molecule has 1 amide bonds. The Hall–Kier alpha value is -0.570. The van der Waals surface area contributed by atoms with Crippen molar-refractivity contribution >= 4 is 5.91 Å². The molecule has 0 aromatic carbocycles. The van der Waals surface area contributed by atoms with Crippen molar-refractivity contribution in [1.29, 1.82) is 0 Å². The highest BCUT2D eigenvalue weighted by atomic mass is 16.2. The summed E-state index contributed by atoms with van der Waals surface area (Å²) in [6.45, 7) is 8.44. The zero-order valence-corrected chi connectivity index (χ0v) is 13.2. The zero-order valence-electron chi connectivity index (χ0n) is 13.2. The minimum atomic E-state index is -0.0868. The van der Waals surface area contributed by atoms with E-state index >= 15 is 0 Å². The summed E-state index contributed by atoms with van der Waals surface area (Å²) < 4.78 is 0. The van der Waals surface area contributed by atoms with E-state index in [2.05, 4.69) is 31.4 Å². The molecule has 112 valence electrons. The lowest BCUT2D eigenvalue weighted by molar-refractivity contribution is -0.123. The standard InChI is InChI=1S/C16H32N2O/c1-5-9-12(2)17-16(19)14(4)18-13(3)15-10-7-6-8-11-15/h12-15,18H,5-11H2,1-4H3,(H,17,19)/t12?,13-,14?/m1/s1. The average Bonchev–Trinajstić information content (AvgIpc) is 2.39. The Morgan fingerprint density at radius 3 is 2.37 bits per heavy atom. The van der Waals surface area contributed by atoms with Crippen LogP contribution in [-0.2, 0) is 4.79 Å². The number of hydrogen-bond donors (Lipinski definition) is 2. The van der Waals surface area contributed by atoms with Gasteiger partial charge in [-0.05, 0) is 46.0 Å². The fourth-order valence-electron chi connectivity index (χ4n) is 3.11. The van der Waals surface area contributed by atoms with E-state index in [0.29, 0.717) is 6.04 Å². The van der Waals surface area contributed by atoms with Gasteiger partial charge in [0.05, 0.1) is 6.04 Å². The Morgan fingerprint density at radius 2 is 1.79 bits per heavy atom. The molecule has 0 aromatic rings. The average molecular weight is 268 g/mol. The Morgan fingerprint density at radius 1 is 1.16 bits per heavy atom. The summed E-state index contributed by atoms with van der Waals surface area (Å²) in [6, 6.07) is 0.644. The molecule has 0 spiro atoms. The second-order valence-electron chi connectivity index (χ2n) is 6.27. The van der Waals surface area contributed by atoms with Crippen LogP contribution in [0.25, 0.3) is 0 Å². The molecular weight excluding hydrogens is 236 g/mol. The number of nitrogens with one attached hydrogen (secondary N) is 2. The van der Waals surface area contributed by atoms with E-state index in [4.69, 9.17) is 0 Å². The molecule has 2 N–H and O–H groups in total. The van der Waals surface area contributed by atoms with E-state index in [1.54, 1.807) is 0 Å². The SMILES string of the molecule is CCCC(C)NC(=O)C(C)N[C@H](C)C1CCCCC1. The highest BCUT2D eigenvalue weighted by Crippen LogP contribution is 2.26. The molecule has 0 aliphatic heterocycles. The Labute approximate surface area is 118 Å². The Bertz CT molecular complexity index is 261. The van der Waals surface area contributed by atoms with Crippen molar-refractivity contribution in [3.05, 3.63) is 0 Å². The Kier molecular flexibility index (Phi) is 7.44. The predicted molar refractivity (Wildman–Crippen MR) is 81.1 cm³/mol. The lowest BCUT2D eigenvalue weighted by Crippen LogP contribution is -2.50. The van der Waals surface area contributed by atoms with Crippen molar-refractivity contribution in [3.8, 4) is 0 Å². The van der Waals surface area contributed by atoms with Gasteiger partial charge in [0.15, 0.2) is 0 Å². The molecule has 2 unspecified atom stereocenters. The quantitative estimate of drug-likeness (QED) is 0.744. The third-order valence-electron chi connectivity index (χ3n) is 4.37. The zero-order chi connectivity index (χ0) is 14.3. The molecular formula is C16H32N2O. The predicted octanol–water partition coefficient (Wildman–Crippen LogP) is 3.24. The molecule has 0 saturated heterocycles. The van der Waals surface area contributed by atoms with Crippen molar-refractivity contribution in [3.63, 3.8) is 0 Å². The van der Waals surface area contributed by atoms with Crippen LogP contribution in [0.4, 0.5) is 0 Å². The third-order valence-corrected chi connectivity index (χ3v) is 4.37. The molecule has 1 aliphatic rings. The summed E-state index contributed by atoms with van der Waals surface area (Å²) in [5, 5.41) is 6.57. The van der Waals surface area contributed by atoms with Gasteiger partial charge in [0.2, 0.25) is 5.91 Å². The molecule has 3 heteroatoms. The molecule has 0 bridgehead atoms. The molecule has 0 aromatic heterocycles. The maximum Gasteiger partial charge on any atom is 0.237 e. The number of carbonyl (C=O) groups is 1. The van der Waals surface area contributed by atoms with Gasteiger partial charge in [0.25, 0.3) is 0 Å². The second-order valence-corrected chi connectivity index (χ2v) is 6.27. The molecule has 3 nitrogen and oxygen atoms in total. The lowest BCUT2D eigenvalue weighted by Gasteiger charge is -2.30. The molecule has 1 saturated carbocycles. The van der Waals surface area contributed by atoms with Gasteiger partial charge in [0, 0.05) is 12.1 Å². The summed E-state index contributed by atoms with van der Waals surface area (Å²) in [5.74, 6) is 0.890. The maximum absolute atomic E-state index is 12.1. The van der Waals surface area contributed by atoms with Crippen LogP contribution in [0.3, 0.4) is 0 Å². The monoisotopic (exact) mass is 268 g/mol. The molecule has 3 atom stereocenters. The largest absolute Gasteiger partial charge is 0.352 e. The lowest BCUT2D eigenvalue weighted by atomic mass is 9.84. The second kappa shape index (κ2) is 8.57. The molecule has 1 rings (SSSR count). The van der Waals surface area contributed by atoms with E-state index in [0.717, 1.165) is 18.8 Å². The fourth-order valence-corrected chi connectivity index (χ4v) is 3.11. The smallest absolute Gasteiger partial charge is 0.237 e. The molecule has 19 heavy (non-hydrogen) atoms. The van der Waals surface area contributed by atoms with Gasteiger partial charge < -0.3 is 10.6 Å². The first-order valence-corrected chi connectivity index (χ1v) is 8.11. The number of carbonyl (C=O) groups excluding carboxylic acids is 1. The van der Waals surface area contributed by atoms with Crippen LogP contribution in [0, 0.1) is 5.92 Å².